The first-order valence-electron chi connectivity index (χ1n) is 5.60. The second-order valence-corrected chi connectivity index (χ2v) is 3.88. The van der Waals surface area contributed by atoms with E-state index in [4.69, 9.17) is 0 Å². The third-order valence-electron chi connectivity index (χ3n) is 2.85. The summed E-state index contributed by atoms with van der Waals surface area (Å²) in [4.78, 5) is 31.9. The average molecular weight is 230 g/mol. The largest absolute Gasteiger partial charge is 0.469 e. The Hall–Kier alpha value is -1.10. The van der Waals surface area contributed by atoms with Crippen LogP contribution < -0.4 is 0 Å². The Morgan fingerprint density at radius 2 is 1.56 bits per heavy atom. The molecule has 0 aromatic heterocycles. The topological polar surface area (TPSA) is 61.8 Å². The van der Waals surface area contributed by atoms with E-state index in [1.165, 1.54) is 7.11 Å². The number of esters is 1. The van der Waals surface area contributed by atoms with Gasteiger partial charge < -0.3 is 4.74 Å². The zero-order valence-electron chi connectivity index (χ0n) is 9.73. The number of hydrogen-bond donors (Lipinski definition) is 0. The van der Waals surface area contributed by atoms with E-state index in [-0.39, 0.29) is 23.8 Å². The van der Waals surface area contributed by atoms with Gasteiger partial charge in [0.1, 0.15) is 0 Å². The molecule has 0 radical (unpaired) electrons. The van der Waals surface area contributed by atoms with Gasteiger partial charge in [-0.2, -0.15) is 4.89 Å². The van der Waals surface area contributed by atoms with Crippen molar-refractivity contribution >= 4 is 11.9 Å². The van der Waals surface area contributed by atoms with Crippen LogP contribution in [0.1, 0.15) is 32.6 Å². The lowest BCUT2D eigenvalue weighted by molar-refractivity contribution is -0.274. The van der Waals surface area contributed by atoms with Gasteiger partial charge in [-0.15, -0.1) is 0 Å². The summed E-state index contributed by atoms with van der Waals surface area (Å²) >= 11 is 0. The zero-order valence-corrected chi connectivity index (χ0v) is 9.73. The highest BCUT2D eigenvalue weighted by Gasteiger charge is 2.31. The summed E-state index contributed by atoms with van der Waals surface area (Å²) < 4.78 is 4.67. The molecule has 1 aliphatic rings. The van der Waals surface area contributed by atoms with E-state index in [1.807, 2.05) is 0 Å². The standard InChI is InChI=1S/C11H18O5/c1-3-15-16-11(13)9-6-4-8(5-7-9)10(12)14-2/h8-9H,3-7H2,1-2H3/t8-,9-. The Bertz CT molecular complexity index is 243. The SMILES string of the molecule is CCOOC(=O)[C@H]1CC[C@H](C(=O)OC)CC1. The predicted octanol–water partition coefficient (Wildman–Crippen LogP) is 1.46. The third kappa shape index (κ3) is 3.48. The van der Waals surface area contributed by atoms with Crippen LogP contribution >= 0.6 is 0 Å². The monoisotopic (exact) mass is 230 g/mol. The Kier molecular flexibility index (Phi) is 5.25. The van der Waals surface area contributed by atoms with E-state index in [0.29, 0.717) is 32.3 Å². The minimum absolute atomic E-state index is 0.0684. The second-order valence-electron chi connectivity index (χ2n) is 3.88. The van der Waals surface area contributed by atoms with Crippen LogP contribution in [0.2, 0.25) is 0 Å². The summed E-state index contributed by atoms with van der Waals surface area (Å²) in [6, 6.07) is 0. The fraction of sp³-hybridized carbons (Fsp3) is 0.818. The Morgan fingerprint density at radius 1 is 1.06 bits per heavy atom. The molecule has 0 aromatic rings. The lowest BCUT2D eigenvalue weighted by atomic mass is 9.82. The van der Waals surface area contributed by atoms with E-state index in [0.717, 1.165) is 0 Å². The maximum absolute atomic E-state index is 11.4. The molecule has 0 aliphatic heterocycles. The molecule has 0 bridgehead atoms. The van der Waals surface area contributed by atoms with Crippen LogP contribution in [0.3, 0.4) is 0 Å². The molecule has 0 unspecified atom stereocenters. The van der Waals surface area contributed by atoms with Gasteiger partial charge in [0, 0.05) is 0 Å². The quantitative estimate of drug-likeness (QED) is 0.415. The fourth-order valence-corrected chi connectivity index (χ4v) is 1.92. The molecule has 16 heavy (non-hydrogen) atoms. The van der Waals surface area contributed by atoms with Crippen LogP contribution in [0, 0.1) is 11.8 Å². The first kappa shape index (κ1) is 13.0. The van der Waals surface area contributed by atoms with Crippen LogP contribution in [0.4, 0.5) is 0 Å². The average Bonchev–Trinajstić information content (AvgIpc) is 2.35. The molecular weight excluding hydrogens is 212 g/mol. The van der Waals surface area contributed by atoms with Crippen molar-refractivity contribution < 1.29 is 24.1 Å². The molecule has 92 valence electrons. The summed E-state index contributed by atoms with van der Waals surface area (Å²) in [6.07, 6.45) is 2.68. The van der Waals surface area contributed by atoms with E-state index in [9.17, 15) is 9.59 Å². The van der Waals surface area contributed by atoms with Gasteiger partial charge in [0.15, 0.2) is 0 Å². The second kappa shape index (κ2) is 6.48. The van der Waals surface area contributed by atoms with Crippen LogP contribution in [-0.4, -0.2) is 25.7 Å². The normalized spacial score (nSPS) is 24.9. The molecule has 1 rings (SSSR count). The highest BCUT2D eigenvalue weighted by atomic mass is 17.2. The molecule has 1 aliphatic carbocycles. The maximum atomic E-state index is 11.4. The van der Waals surface area contributed by atoms with Gasteiger partial charge >= 0.3 is 11.9 Å². The first-order chi connectivity index (χ1) is 7.69. The molecule has 0 aromatic carbocycles. The Morgan fingerprint density at radius 3 is 2.00 bits per heavy atom. The summed E-state index contributed by atoms with van der Waals surface area (Å²) in [5, 5.41) is 0. The van der Waals surface area contributed by atoms with Crippen molar-refractivity contribution in [2.24, 2.45) is 11.8 Å². The van der Waals surface area contributed by atoms with Crippen LogP contribution in [0.25, 0.3) is 0 Å². The number of hydrogen-bond acceptors (Lipinski definition) is 5. The summed E-state index contributed by atoms with van der Waals surface area (Å²) in [6.45, 7) is 2.10. The molecule has 5 nitrogen and oxygen atoms in total. The number of carbonyl (C=O) groups is 2. The molecule has 1 saturated carbocycles. The zero-order chi connectivity index (χ0) is 12.0. The van der Waals surface area contributed by atoms with Crippen molar-refractivity contribution in [1.29, 1.82) is 0 Å². The summed E-state index contributed by atoms with van der Waals surface area (Å²) in [7, 11) is 1.39. The maximum Gasteiger partial charge on any atom is 0.345 e. The van der Waals surface area contributed by atoms with Gasteiger partial charge in [-0.3, -0.25) is 9.68 Å². The molecule has 0 amide bonds. The van der Waals surface area contributed by atoms with E-state index in [2.05, 4.69) is 14.5 Å². The number of methoxy groups -OCH3 is 1. The predicted molar refractivity (Wildman–Crippen MR) is 55.2 cm³/mol. The van der Waals surface area contributed by atoms with E-state index in [1.54, 1.807) is 6.92 Å². The smallest absolute Gasteiger partial charge is 0.345 e. The molecule has 0 heterocycles. The molecule has 5 heteroatoms. The molecule has 0 N–H and O–H groups in total. The molecule has 0 atom stereocenters. The van der Waals surface area contributed by atoms with Crippen LogP contribution in [0.5, 0.6) is 0 Å². The third-order valence-corrected chi connectivity index (χ3v) is 2.85. The highest BCUT2D eigenvalue weighted by molar-refractivity contribution is 5.74. The minimum atomic E-state index is -0.329. The minimum Gasteiger partial charge on any atom is -0.469 e. The van der Waals surface area contributed by atoms with Gasteiger partial charge in [0.25, 0.3) is 0 Å². The van der Waals surface area contributed by atoms with Crippen molar-refractivity contribution in [2.75, 3.05) is 13.7 Å². The fourth-order valence-electron chi connectivity index (χ4n) is 1.92. The molecule has 1 fully saturated rings. The van der Waals surface area contributed by atoms with Crippen LogP contribution in [0.15, 0.2) is 0 Å². The first-order valence-corrected chi connectivity index (χ1v) is 5.60. The summed E-state index contributed by atoms with van der Waals surface area (Å²) in [5.41, 5.74) is 0. The van der Waals surface area contributed by atoms with Crippen molar-refractivity contribution in [2.45, 2.75) is 32.6 Å². The lowest BCUT2D eigenvalue weighted by Gasteiger charge is -2.24. The summed E-state index contributed by atoms with van der Waals surface area (Å²) in [5.74, 6) is -0.726. The Balaban J connectivity index is 2.31. The lowest BCUT2D eigenvalue weighted by Crippen LogP contribution is -2.27. The van der Waals surface area contributed by atoms with Crippen molar-refractivity contribution in [3.8, 4) is 0 Å². The number of rotatable bonds is 4. The van der Waals surface area contributed by atoms with Crippen molar-refractivity contribution in [1.82, 2.24) is 0 Å². The molecular formula is C11H18O5. The number of carbonyl (C=O) groups excluding carboxylic acids is 2. The molecule has 0 saturated heterocycles. The van der Waals surface area contributed by atoms with Gasteiger partial charge in [-0.25, -0.2) is 4.79 Å². The molecule has 0 spiro atoms. The van der Waals surface area contributed by atoms with Gasteiger partial charge in [-0.05, 0) is 32.6 Å². The highest BCUT2D eigenvalue weighted by Crippen LogP contribution is 2.30. The van der Waals surface area contributed by atoms with Gasteiger partial charge in [0.2, 0.25) is 0 Å². The van der Waals surface area contributed by atoms with Gasteiger partial charge in [-0.1, -0.05) is 0 Å². The van der Waals surface area contributed by atoms with E-state index < -0.39 is 0 Å². The van der Waals surface area contributed by atoms with Crippen molar-refractivity contribution in [3.05, 3.63) is 0 Å². The number of ether oxygens (including phenoxy) is 1. The van der Waals surface area contributed by atoms with Crippen LogP contribution in [-0.2, 0) is 24.1 Å². The van der Waals surface area contributed by atoms with Crippen molar-refractivity contribution in [3.63, 3.8) is 0 Å². The van der Waals surface area contributed by atoms with E-state index >= 15 is 0 Å². The Labute approximate surface area is 95.0 Å². The van der Waals surface area contributed by atoms with Gasteiger partial charge in [0.05, 0.1) is 25.6 Å².